The van der Waals surface area contributed by atoms with Crippen LogP contribution in [0.5, 0.6) is 0 Å². The number of ketones is 1. The minimum Gasteiger partial charge on any atom is -0.370 e. The van der Waals surface area contributed by atoms with Gasteiger partial charge in [-0.15, -0.1) is 0 Å². The molecule has 0 saturated heterocycles. The molecule has 2 aromatic heterocycles. The summed E-state index contributed by atoms with van der Waals surface area (Å²) in [4.78, 5) is 27.3. The summed E-state index contributed by atoms with van der Waals surface area (Å²) in [5, 5.41) is 4.53. The van der Waals surface area contributed by atoms with Crippen LogP contribution in [0.2, 0.25) is 0 Å². The van der Waals surface area contributed by atoms with Gasteiger partial charge in [0, 0.05) is 36.5 Å². The van der Waals surface area contributed by atoms with Crippen molar-refractivity contribution in [1.29, 1.82) is 0 Å². The fraction of sp³-hybridized carbons (Fsp3) is 0.333. The van der Waals surface area contributed by atoms with E-state index in [0.717, 1.165) is 24.1 Å². The lowest BCUT2D eigenvalue weighted by Gasteiger charge is -2.13. The van der Waals surface area contributed by atoms with E-state index in [2.05, 4.69) is 10.1 Å². The molecule has 0 spiro atoms. The van der Waals surface area contributed by atoms with Gasteiger partial charge in [0.1, 0.15) is 5.69 Å². The quantitative estimate of drug-likeness (QED) is 0.917. The third kappa shape index (κ3) is 2.56. The maximum Gasteiger partial charge on any atom is 0.219 e. The summed E-state index contributed by atoms with van der Waals surface area (Å²) < 4.78 is 1.75. The molecule has 0 unspecified atom stereocenters. The Labute approximate surface area is 122 Å². The van der Waals surface area contributed by atoms with Crippen LogP contribution in [0.3, 0.4) is 0 Å². The van der Waals surface area contributed by atoms with Crippen molar-refractivity contribution < 1.29 is 9.59 Å². The Hall–Kier alpha value is -2.50. The Morgan fingerprint density at radius 2 is 2.24 bits per heavy atom. The minimum absolute atomic E-state index is 0.112. The molecule has 1 amide bonds. The highest BCUT2D eigenvalue weighted by Crippen LogP contribution is 2.30. The maximum atomic E-state index is 12.3. The maximum absolute atomic E-state index is 12.3. The second-order valence-electron chi connectivity index (χ2n) is 5.13. The zero-order valence-corrected chi connectivity index (χ0v) is 11.6. The number of carbonyl (C=O) groups is 2. The Kier molecular flexibility index (Phi) is 3.51. The van der Waals surface area contributed by atoms with Crippen LogP contribution in [0.4, 0.5) is 0 Å². The monoisotopic (exact) mass is 284 g/mol. The smallest absolute Gasteiger partial charge is 0.219 e. The van der Waals surface area contributed by atoms with Crippen molar-refractivity contribution in [3.8, 4) is 11.3 Å². The van der Waals surface area contributed by atoms with Gasteiger partial charge in [-0.2, -0.15) is 5.10 Å². The number of aromatic nitrogens is 3. The molecule has 2 aromatic rings. The van der Waals surface area contributed by atoms with E-state index in [4.69, 9.17) is 5.73 Å². The SMILES string of the molecule is NC(=O)CCn1nc(-c2cccnc2)c2c1CCCC2=O. The number of amides is 1. The van der Waals surface area contributed by atoms with Gasteiger partial charge in [-0.05, 0) is 25.0 Å². The van der Waals surface area contributed by atoms with E-state index in [9.17, 15) is 9.59 Å². The molecule has 2 heterocycles. The lowest BCUT2D eigenvalue weighted by atomic mass is 9.92. The summed E-state index contributed by atoms with van der Waals surface area (Å²) in [6.45, 7) is 0.408. The molecular weight excluding hydrogens is 268 g/mol. The van der Waals surface area contributed by atoms with Crippen LogP contribution in [0.1, 0.15) is 35.3 Å². The topological polar surface area (TPSA) is 90.9 Å². The number of nitrogens with zero attached hydrogens (tertiary/aromatic N) is 3. The Morgan fingerprint density at radius 3 is 2.95 bits per heavy atom. The van der Waals surface area contributed by atoms with Gasteiger partial charge in [-0.25, -0.2) is 0 Å². The van der Waals surface area contributed by atoms with E-state index in [1.807, 2.05) is 12.1 Å². The van der Waals surface area contributed by atoms with E-state index in [1.165, 1.54) is 0 Å². The molecule has 3 rings (SSSR count). The average molecular weight is 284 g/mol. The minimum atomic E-state index is -0.371. The second-order valence-corrected chi connectivity index (χ2v) is 5.13. The molecule has 0 saturated carbocycles. The van der Waals surface area contributed by atoms with Crippen LogP contribution in [0.25, 0.3) is 11.3 Å². The van der Waals surface area contributed by atoms with E-state index < -0.39 is 0 Å². The first-order valence-corrected chi connectivity index (χ1v) is 6.98. The van der Waals surface area contributed by atoms with Gasteiger partial charge in [0.05, 0.1) is 12.1 Å². The summed E-state index contributed by atoms with van der Waals surface area (Å²) in [6, 6.07) is 3.70. The standard InChI is InChI=1S/C15H16N4O2/c16-13(21)6-8-19-11-4-1-5-12(20)14(11)15(18-19)10-3-2-7-17-9-10/h2-3,7,9H,1,4-6,8H2,(H2,16,21). The lowest BCUT2D eigenvalue weighted by molar-refractivity contribution is -0.118. The molecular formula is C15H16N4O2. The number of carbonyl (C=O) groups excluding carboxylic acids is 2. The zero-order valence-electron chi connectivity index (χ0n) is 11.6. The number of rotatable bonds is 4. The number of hydrogen-bond donors (Lipinski definition) is 1. The molecule has 6 nitrogen and oxygen atoms in total. The highest BCUT2D eigenvalue weighted by atomic mass is 16.1. The third-order valence-corrected chi connectivity index (χ3v) is 3.66. The fourth-order valence-electron chi connectivity index (χ4n) is 2.69. The average Bonchev–Trinajstić information content (AvgIpc) is 2.86. The number of primary amides is 1. The molecule has 1 aliphatic carbocycles. The van der Waals surface area contributed by atoms with Crippen molar-refractivity contribution >= 4 is 11.7 Å². The molecule has 1 aliphatic rings. The van der Waals surface area contributed by atoms with Crippen LogP contribution >= 0.6 is 0 Å². The first kappa shape index (κ1) is 13.5. The van der Waals surface area contributed by atoms with E-state index in [0.29, 0.717) is 24.2 Å². The van der Waals surface area contributed by atoms with Crippen molar-refractivity contribution in [1.82, 2.24) is 14.8 Å². The Morgan fingerprint density at radius 1 is 1.38 bits per heavy atom. The van der Waals surface area contributed by atoms with Crippen LogP contribution in [0, 0.1) is 0 Å². The molecule has 0 atom stereocenters. The van der Waals surface area contributed by atoms with Gasteiger partial charge in [-0.1, -0.05) is 0 Å². The molecule has 0 aromatic carbocycles. The zero-order chi connectivity index (χ0) is 14.8. The molecule has 6 heteroatoms. The number of Topliss-reactive ketones (excluding diaryl/α,β-unsaturated/α-hetero) is 1. The van der Waals surface area contributed by atoms with Gasteiger partial charge in [0.25, 0.3) is 0 Å². The third-order valence-electron chi connectivity index (χ3n) is 3.66. The summed E-state index contributed by atoms with van der Waals surface area (Å²) in [7, 11) is 0. The first-order chi connectivity index (χ1) is 10.2. The van der Waals surface area contributed by atoms with Gasteiger partial charge >= 0.3 is 0 Å². The molecule has 0 fully saturated rings. The van der Waals surface area contributed by atoms with Gasteiger partial charge in [0.2, 0.25) is 5.91 Å². The van der Waals surface area contributed by atoms with E-state index in [1.54, 1.807) is 17.1 Å². The molecule has 0 aliphatic heterocycles. The summed E-state index contributed by atoms with van der Waals surface area (Å²) in [6.07, 6.45) is 5.76. The number of nitrogens with two attached hydrogens (primary N) is 1. The summed E-state index contributed by atoms with van der Waals surface area (Å²) in [5.41, 5.74) is 8.27. The molecule has 21 heavy (non-hydrogen) atoms. The highest BCUT2D eigenvalue weighted by molar-refractivity contribution is 6.03. The van der Waals surface area contributed by atoms with Crippen LogP contribution in [-0.2, 0) is 17.8 Å². The fourth-order valence-corrected chi connectivity index (χ4v) is 2.69. The van der Waals surface area contributed by atoms with Crippen molar-refractivity contribution in [2.24, 2.45) is 5.73 Å². The molecule has 0 bridgehead atoms. The lowest BCUT2D eigenvalue weighted by Crippen LogP contribution is -2.18. The van der Waals surface area contributed by atoms with Crippen LogP contribution in [0.15, 0.2) is 24.5 Å². The molecule has 0 radical (unpaired) electrons. The summed E-state index contributed by atoms with van der Waals surface area (Å²) in [5.74, 6) is -0.259. The predicted molar refractivity (Wildman–Crippen MR) is 76.5 cm³/mol. The normalized spacial score (nSPS) is 14.0. The Bertz CT molecular complexity index is 691. The number of fused-ring (bicyclic) bond motifs is 1. The van der Waals surface area contributed by atoms with Gasteiger partial charge in [-0.3, -0.25) is 19.3 Å². The van der Waals surface area contributed by atoms with Crippen molar-refractivity contribution in [2.75, 3.05) is 0 Å². The first-order valence-electron chi connectivity index (χ1n) is 6.98. The second kappa shape index (κ2) is 5.47. The van der Waals surface area contributed by atoms with E-state index >= 15 is 0 Å². The van der Waals surface area contributed by atoms with Gasteiger partial charge in [0.15, 0.2) is 5.78 Å². The van der Waals surface area contributed by atoms with E-state index in [-0.39, 0.29) is 18.1 Å². The summed E-state index contributed by atoms with van der Waals surface area (Å²) >= 11 is 0. The Balaban J connectivity index is 2.08. The van der Waals surface area contributed by atoms with Crippen molar-refractivity contribution in [3.63, 3.8) is 0 Å². The largest absolute Gasteiger partial charge is 0.370 e. The predicted octanol–water partition coefficient (Wildman–Crippen LogP) is 1.34. The molecule has 108 valence electrons. The molecule has 2 N–H and O–H groups in total. The van der Waals surface area contributed by atoms with Gasteiger partial charge < -0.3 is 5.73 Å². The van der Waals surface area contributed by atoms with Crippen LogP contribution < -0.4 is 5.73 Å². The highest BCUT2D eigenvalue weighted by Gasteiger charge is 2.27. The number of hydrogen-bond acceptors (Lipinski definition) is 4. The van der Waals surface area contributed by atoms with Crippen molar-refractivity contribution in [2.45, 2.75) is 32.2 Å². The number of pyridine rings is 1. The van der Waals surface area contributed by atoms with Crippen LogP contribution in [-0.4, -0.2) is 26.5 Å². The number of aryl methyl sites for hydroxylation is 1. The van der Waals surface area contributed by atoms with Crippen molar-refractivity contribution in [3.05, 3.63) is 35.8 Å².